The summed E-state index contributed by atoms with van der Waals surface area (Å²) in [6.07, 6.45) is -2.15. The molecular formula is C26H23F4N3O3. The maximum atomic E-state index is 15.0. The summed E-state index contributed by atoms with van der Waals surface area (Å²) in [6, 6.07) is 7.25. The Kier molecular flexibility index (Phi) is 5.94. The van der Waals surface area contributed by atoms with Crippen LogP contribution in [0.4, 0.5) is 17.6 Å². The van der Waals surface area contributed by atoms with Crippen LogP contribution in [-0.2, 0) is 24.5 Å². The van der Waals surface area contributed by atoms with Crippen molar-refractivity contribution in [3.05, 3.63) is 86.7 Å². The van der Waals surface area contributed by atoms with E-state index in [-0.39, 0.29) is 41.3 Å². The molecule has 0 aliphatic carbocycles. The molecule has 36 heavy (non-hydrogen) atoms. The van der Waals surface area contributed by atoms with Crippen molar-refractivity contribution in [2.24, 2.45) is 7.05 Å². The number of hydrogen-bond acceptors (Lipinski definition) is 4. The normalized spacial score (nSPS) is 20.1. The van der Waals surface area contributed by atoms with E-state index in [4.69, 9.17) is 9.72 Å². The van der Waals surface area contributed by atoms with Crippen molar-refractivity contribution in [1.29, 1.82) is 0 Å². The molecule has 6 nitrogen and oxygen atoms in total. The van der Waals surface area contributed by atoms with E-state index in [2.05, 4.69) is 0 Å². The monoisotopic (exact) mass is 501 g/mol. The molecular weight excluding hydrogens is 478 g/mol. The second-order valence-electron chi connectivity index (χ2n) is 9.27. The van der Waals surface area contributed by atoms with Crippen molar-refractivity contribution in [3.63, 3.8) is 0 Å². The summed E-state index contributed by atoms with van der Waals surface area (Å²) < 4.78 is 61.6. The number of carbonyl (C=O) groups is 1. The molecule has 0 radical (unpaired) electrons. The summed E-state index contributed by atoms with van der Waals surface area (Å²) in [4.78, 5) is 30.8. The van der Waals surface area contributed by atoms with Crippen LogP contribution in [0.3, 0.4) is 0 Å². The number of pyridine rings is 2. The molecule has 0 bridgehead atoms. The van der Waals surface area contributed by atoms with Crippen molar-refractivity contribution in [3.8, 4) is 11.3 Å². The maximum Gasteiger partial charge on any atom is 0.416 e. The number of aryl methyl sites for hydroxylation is 1. The molecule has 10 heteroatoms. The Labute approximate surface area is 204 Å². The van der Waals surface area contributed by atoms with Gasteiger partial charge in [-0.15, -0.1) is 0 Å². The number of rotatable bonds is 3. The van der Waals surface area contributed by atoms with Crippen LogP contribution in [0.5, 0.6) is 0 Å². The molecule has 2 aliphatic heterocycles. The lowest BCUT2D eigenvalue weighted by atomic mass is 9.88. The van der Waals surface area contributed by atoms with Gasteiger partial charge in [-0.25, -0.2) is 4.39 Å². The van der Waals surface area contributed by atoms with E-state index in [1.807, 2.05) is 0 Å². The van der Waals surface area contributed by atoms with Gasteiger partial charge in [0.15, 0.2) is 0 Å². The van der Waals surface area contributed by atoms with Crippen LogP contribution >= 0.6 is 0 Å². The van der Waals surface area contributed by atoms with Gasteiger partial charge in [0.2, 0.25) is 5.56 Å². The van der Waals surface area contributed by atoms with E-state index >= 15 is 0 Å². The number of aromatic nitrogens is 2. The van der Waals surface area contributed by atoms with Gasteiger partial charge < -0.3 is 14.2 Å². The molecule has 1 fully saturated rings. The Morgan fingerprint density at radius 1 is 1.06 bits per heavy atom. The molecule has 0 spiro atoms. The molecule has 188 valence electrons. The lowest BCUT2D eigenvalue weighted by Crippen LogP contribution is -2.22. The number of nitrogens with zero attached hydrogens (tertiary/aromatic N) is 3. The minimum Gasteiger partial charge on any atom is -0.373 e. The highest BCUT2D eigenvalue weighted by atomic mass is 19.4. The van der Waals surface area contributed by atoms with Crippen molar-refractivity contribution >= 4 is 5.91 Å². The molecule has 5 rings (SSSR count). The van der Waals surface area contributed by atoms with Crippen LogP contribution in [0.15, 0.2) is 47.4 Å². The number of amides is 1. The first-order chi connectivity index (χ1) is 17.0. The van der Waals surface area contributed by atoms with E-state index in [9.17, 15) is 27.2 Å². The SMILES string of the molecule is CN1Cc2c(cc([C@@H]3CCO[C@H](c4ccc(=O)n(C)c4)C3)nc2-c2ccc(C(F)(F)F)cc2F)C1=O. The van der Waals surface area contributed by atoms with Crippen LogP contribution in [0.1, 0.15) is 57.6 Å². The number of halogens is 4. The largest absolute Gasteiger partial charge is 0.416 e. The lowest BCUT2D eigenvalue weighted by molar-refractivity contribution is -0.137. The third kappa shape index (κ3) is 4.30. The minimum atomic E-state index is -4.68. The molecule has 1 amide bonds. The molecule has 0 unspecified atom stereocenters. The van der Waals surface area contributed by atoms with Crippen LogP contribution < -0.4 is 5.56 Å². The van der Waals surface area contributed by atoms with Crippen molar-refractivity contribution in [1.82, 2.24) is 14.5 Å². The molecule has 0 N–H and O–H groups in total. The maximum absolute atomic E-state index is 15.0. The van der Waals surface area contributed by atoms with E-state index in [0.29, 0.717) is 42.3 Å². The number of fused-ring (bicyclic) bond motifs is 1. The fraction of sp³-hybridized carbons (Fsp3) is 0.346. The predicted octanol–water partition coefficient (Wildman–Crippen LogP) is 4.83. The van der Waals surface area contributed by atoms with Gasteiger partial charge >= 0.3 is 6.18 Å². The second kappa shape index (κ2) is 8.85. The van der Waals surface area contributed by atoms with Crippen LogP contribution in [-0.4, -0.2) is 34.0 Å². The van der Waals surface area contributed by atoms with E-state index in [0.717, 1.165) is 17.7 Å². The third-order valence-corrected chi connectivity index (χ3v) is 6.85. The quantitative estimate of drug-likeness (QED) is 0.483. The van der Waals surface area contributed by atoms with Crippen molar-refractivity contribution in [2.45, 2.75) is 37.6 Å². The minimum absolute atomic E-state index is 0.0779. The molecule has 2 aliphatic rings. The van der Waals surface area contributed by atoms with E-state index in [1.165, 1.54) is 15.5 Å². The van der Waals surface area contributed by atoms with E-state index in [1.54, 1.807) is 32.4 Å². The van der Waals surface area contributed by atoms with Gasteiger partial charge in [-0.2, -0.15) is 13.2 Å². The van der Waals surface area contributed by atoms with Gasteiger partial charge in [0, 0.05) is 67.8 Å². The average Bonchev–Trinajstić information content (AvgIpc) is 3.13. The van der Waals surface area contributed by atoms with Gasteiger partial charge in [-0.3, -0.25) is 14.6 Å². The van der Waals surface area contributed by atoms with Crippen LogP contribution in [0.25, 0.3) is 11.3 Å². The Balaban J connectivity index is 1.56. The summed E-state index contributed by atoms with van der Waals surface area (Å²) >= 11 is 0. The van der Waals surface area contributed by atoms with Gasteiger partial charge in [-0.05, 0) is 48.7 Å². The lowest BCUT2D eigenvalue weighted by Gasteiger charge is -2.30. The zero-order valence-corrected chi connectivity index (χ0v) is 19.6. The Morgan fingerprint density at radius 2 is 1.83 bits per heavy atom. The summed E-state index contributed by atoms with van der Waals surface area (Å²) in [5.41, 5.74) is 1.13. The summed E-state index contributed by atoms with van der Waals surface area (Å²) in [6.45, 7) is 0.598. The standard InChI is InChI=1S/C26H23F4N3O3/c1-32-12-15(3-6-23(32)34)22-9-14(7-8-36-22)21-11-18-19(13-33(2)25(18)35)24(31-21)17-5-4-16(10-20(17)27)26(28,29)30/h3-6,10-12,14,22H,7-9,13H2,1-2H3/t14-,22+/m1/s1. The van der Waals surface area contributed by atoms with Crippen molar-refractivity contribution in [2.75, 3.05) is 13.7 Å². The Morgan fingerprint density at radius 3 is 2.53 bits per heavy atom. The summed E-state index contributed by atoms with van der Waals surface area (Å²) in [5, 5.41) is 0. The zero-order valence-electron chi connectivity index (χ0n) is 19.6. The number of carbonyl (C=O) groups excluding carboxylic acids is 1. The second-order valence-corrected chi connectivity index (χ2v) is 9.27. The molecule has 2 aromatic heterocycles. The highest BCUT2D eigenvalue weighted by Crippen LogP contribution is 2.41. The van der Waals surface area contributed by atoms with E-state index < -0.39 is 17.6 Å². The first-order valence-electron chi connectivity index (χ1n) is 11.5. The molecule has 3 aromatic rings. The first-order valence-corrected chi connectivity index (χ1v) is 11.5. The fourth-order valence-corrected chi connectivity index (χ4v) is 4.88. The zero-order chi connectivity index (χ0) is 25.8. The topological polar surface area (TPSA) is 64.4 Å². The predicted molar refractivity (Wildman–Crippen MR) is 123 cm³/mol. The molecule has 1 saturated heterocycles. The van der Waals surface area contributed by atoms with Gasteiger partial charge in [-0.1, -0.05) is 0 Å². The third-order valence-electron chi connectivity index (χ3n) is 6.85. The molecule has 1 aromatic carbocycles. The van der Waals surface area contributed by atoms with Crippen LogP contribution in [0, 0.1) is 5.82 Å². The van der Waals surface area contributed by atoms with Crippen LogP contribution in [0.2, 0.25) is 0 Å². The number of ether oxygens (including phenoxy) is 1. The van der Waals surface area contributed by atoms with Crippen molar-refractivity contribution < 1.29 is 27.1 Å². The highest BCUT2D eigenvalue weighted by molar-refractivity contribution is 6.00. The molecule has 4 heterocycles. The first kappa shape index (κ1) is 24.2. The Hall–Kier alpha value is -3.53. The number of alkyl halides is 3. The number of benzene rings is 1. The smallest absolute Gasteiger partial charge is 0.373 e. The average molecular weight is 501 g/mol. The summed E-state index contributed by atoms with van der Waals surface area (Å²) in [7, 11) is 3.26. The Bertz CT molecular complexity index is 1420. The number of hydrogen-bond donors (Lipinski definition) is 0. The fourth-order valence-electron chi connectivity index (χ4n) is 4.88. The molecule has 0 saturated carbocycles. The van der Waals surface area contributed by atoms with Gasteiger partial charge in [0.25, 0.3) is 5.91 Å². The summed E-state index contributed by atoms with van der Waals surface area (Å²) in [5.74, 6) is -1.43. The highest BCUT2D eigenvalue weighted by Gasteiger charge is 2.35. The molecule has 2 atom stereocenters. The van der Waals surface area contributed by atoms with Gasteiger partial charge in [0.1, 0.15) is 5.82 Å². The van der Waals surface area contributed by atoms with Gasteiger partial charge in [0.05, 0.1) is 17.4 Å².